The average molecular weight is 442 g/mol. The fraction of sp³-hybridized carbons (Fsp3) is 0.238. The molecule has 0 unspecified atom stereocenters. The summed E-state index contributed by atoms with van der Waals surface area (Å²) in [6.45, 7) is 3.94. The zero-order valence-corrected chi connectivity index (χ0v) is 18.0. The predicted molar refractivity (Wildman–Crippen MR) is 121 cm³/mol. The Kier molecular flexibility index (Phi) is 6.45. The monoisotopic (exact) mass is 441 g/mol. The highest BCUT2D eigenvalue weighted by molar-refractivity contribution is 6.30. The van der Waals surface area contributed by atoms with Gasteiger partial charge >= 0.3 is 0 Å². The van der Waals surface area contributed by atoms with Gasteiger partial charge in [-0.1, -0.05) is 23.7 Å². The lowest BCUT2D eigenvalue weighted by molar-refractivity contribution is -0.125. The first kappa shape index (κ1) is 22.1. The third kappa shape index (κ3) is 5.13. The van der Waals surface area contributed by atoms with Gasteiger partial charge in [-0.15, -0.1) is 0 Å². The van der Waals surface area contributed by atoms with Crippen molar-refractivity contribution < 1.29 is 9.59 Å². The number of rotatable bonds is 7. The topological polar surface area (TPSA) is 140 Å². The number of nitrogens with zero attached hydrogens (tertiary/aromatic N) is 3. The van der Waals surface area contributed by atoms with Gasteiger partial charge in [0.2, 0.25) is 5.91 Å². The normalized spacial score (nSPS) is 12.0. The summed E-state index contributed by atoms with van der Waals surface area (Å²) in [6.07, 6.45) is 3.76. The number of carbonyl (C=O) groups is 2. The number of imidazole rings is 1. The summed E-state index contributed by atoms with van der Waals surface area (Å²) in [5.41, 5.74) is 6.61. The zero-order chi connectivity index (χ0) is 22.6. The molecule has 3 rings (SSSR count). The number of pyridine rings is 1. The summed E-state index contributed by atoms with van der Waals surface area (Å²) in [5, 5.41) is 9.53. The van der Waals surface area contributed by atoms with Gasteiger partial charge in [0, 0.05) is 24.7 Å². The van der Waals surface area contributed by atoms with Gasteiger partial charge < -0.3 is 26.6 Å². The third-order valence-corrected chi connectivity index (χ3v) is 5.15. The number of hydrazone groups is 1. The summed E-state index contributed by atoms with van der Waals surface area (Å²) < 4.78 is 1.73. The number of aromatic nitrogens is 2. The first-order valence-electron chi connectivity index (χ1n) is 9.57. The van der Waals surface area contributed by atoms with E-state index in [1.807, 2.05) is 0 Å². The maximum absolute atomic E-state index is 12.6. The molecule has 0 aliphatic rings. The van der Waals surface area contributed by atoms with E-state index in [2.05, 4.69) is 20.7 Å². The minimum Gasteiger partial charge on any atom is -0.386 e. The van der Waals surface area contributed by atoms with Crippen molar-refractivity contribution in [1.29, 1.82) is 0 Å². The van der Waals surface area contributed by atoms with Crippen molar-refractivity contribution in [2.24, 2.45) is 16.7 Å². The van der Waals surface area contributed by atoms with Crippen molar-refractivity contribution >= 4 is 40.7 Å². The van der Waals surface area contributed by atoms with Crippen LogP contribution in [-0.4, -0.2) is 33.6 Å². The smallest absolute Gasteiger partial charge is 0.256 e. The summed E-state index contributed by atoms with van der Waals surface area (Å²) in [6, 6.07) is 10.3. The second-order valence-corrected chi connectivity index (χ2v) is 7.96. The number of amides is 2. The van der Waals surface area contributed by atoms with Crippen LogP contribution in [0.5, 0.6) is 0 Å². The van der Waals surface area contributed by atoms with E-state index in [0.29, 0.717) is 35.0 Å². The minimum absolute atomic E-state index is 0.169. The van der Waals surface area contributed by atoms with Gasteiger partial charge in [-0.25, -0.2) is 4.98 Å². The largest absolute Gasteiger partial charge is 0.386 e. The Bertz CT molecular complexity index is 1140. The van der Waals surface area contributed by atoms with E-state index in [1.54, 1.807) is 67.0 Å². The number of hydrogen-bond acceptors (Lipinski definition) is 5. The minimum atomic E-state index is -0.801. The number of amidine groups is 1. The van der Waals surface area contributed by atoms with Gasteiger partial charge in [0.15, 0.2) is 5.82 Å². The lowest BCUT2D eigenvalue weighted by atomic mass is 9.83. The molecule has 2 amide bonds. The molecule has 1 aromatic carbocycles. The number of hydrogen-bond donors (Lipinski definition) is 4. The molecular formula is C21H24ClN7O2. The highest BCUT2D eigenvalue weighted by Gasteiger charge is 2.29. The standard InChI is InChI=1S/C21H24ClN7O2/c1-21(2,20(31)25-10-9-16(23)28-24)14-5-3-13(4-6-14)19(30)27-17-12-29-11-15(22)7-8-18(29)26-17/h3-8,11-12H,9-10,24H2,1-2H3,(H2,23,28)(H,25,31)(H,27,30). The molecule has 10 heteroatoms. The predicted octanol–water partition coefficient (Wildman–Crippen LogP) is 2.25. The van der Waals surface area contributed by atoms with Crippen molar-refractivity contribution in [1.82, 2.24) is 14.7 Å². The van der Waals surface area contributed by atoms with Crippen LogP contribution in [0.1, 0.15) is 36.2 Å². The Morgan fingerprint density at radius 2 is 1.87 bits per heavy atom. The maximum atomic E-state index is 12.6. The molecule has 0 atom stereocenters. The first-order valence-corrected chi connectivity index (χ1v) is 9.95. The molecule has 2 heterocycles. The number of halogens is 1. The van der Waals surface area contributed by atoms with Crippen LogP contribution in [0.25, 0.3) is 5.65 Å². The molecule has 0 aliphatic carbocycles. The molecule has 2 aromatic heterocycles. The van der Waals surface area contributed by atoms with E-state index in [1.165, 1.54) is 0 Å². The fourth-order valence-corrected chi connectivity index (χ4v) is 3.14. The molecule has 0 saturated carbocycles. The fourth-order valence-electron chi connectivity index (χ4n) is 2.97. The van der Waals surface area contributed by atoms with Crippen molar-refractivity contribution in [2.75, 3.05) is 11.9 Å². The number of benzene rings is 1. The van der Waals surface area contributed by atoms with Crippen molar-refractivity contribution in [3.8, 4) is 0 Å². The molecule has 0 aliphatic heterocycles. The Hall–Kier alpha value is -3.59. The van der Waals surface area contributed by atoms with Gasteiger partial charge in [0.25, 0.3) is 5.91 Å². The lowest BCUT2D eigenvalue weighted by Gasteiger charge is -2.24. The van der Waals surface area contributed by atoms with Gasteiger partial charge in [-0.05, 0) is 43.7 Å². The van der Waals surface area contributed by atoms with E-state index < -0.39 is 5.41 Å². The molecule has 162 valence electrons. The SMILES string of the molecule is CC(C)(C(=O)NCC/C(N)=N/N)c1ccc(C(=O)Nc2cn3cc(Cl)ccc3n2)cc1. The summed E-state index contributed by atoms with van der Waals surface area (Å²) in [7, 11) is 0. The third-order valence-electron chi connectivity index (χ3n) is 4.93. The highest BCUT2D eigenvalue weighted by Crippen LogP contribution is 2.24. The van der Waals surface area contributed by atoms with E-state index in [-0.39, 0.29) is 17.6 Å². The molecule has 0 spiro atoms. The summed E-state index contributed by atoms with van der Waals surface area (Å²) in [5.74, 6) is 5.29. The van der Waals surface area contributed by atoms with Crippen LogP contribution in [-0.2, 0) is 10.2 Å². The molecule has 31 heavy (non-hydrogen) atoms. The van der Waals surface area contributed by atoms with Crippen molar-refractivity contribution in [2.45, 2.75) is 25.7 Å². The lowest BCUT2D eigenvalue weighted by Crippen LogP contribution is -2.41. The van der Waals surface area contributed by atoms with Crippen LogP contribution in [0.4, 0.5) is 5.82 Å². The summed E-state index contributed by atoms with van der Waals surface area (Å²) >= 11 is 5.97. The van der Waals surface area contributed by atoms with Crippen LogP contribution < -0.4 is 22.2 Å². The van der Waals surface area contributed by atoms with E-state index >= 15 is 0 Å². The molecule has 0 bridgehead atoms. The van der Waals surface area contributed by atoms with Crippen LogP contribution in [0, 0.1) is 0 Å². The van der Waals surface area contributed by atoms with Gasteiger partial charge in [0.05, 0.1) is 16.6 Å². The Balaban J connectivity index is 1.66. The zero-order valence-electron chi connectivity index (χ0n) is 17.2. The summed E-state index contributed by atoms with van der Waals surface area (Å²) in [4.78, 5) is 29.5. The quantitative estimate of drug-likeness (QED) is 0.193. The Morgan fingerprint density at radius 1 is 1.16 bits per heavy atom. The number of nitrogens with one attached hydrogen (secondary N) is 2. The van der Waals surface area contributed by atoms with Crippen LogP contribution >= 0.6 is 11.6 Å². The molecular weight excluding hydrogens is 418 g/mol. The highest BCUT2D eigenvalue weighted by atomic mass is 35.5. The van der Waals surface area contributed by atoms with Gasteiger partial charge in [-0.2, -0.15) is 5.10 Å². The number of nitrogens with two attached hydrogens (primary N) is 2. The van der Waals surface area contributed by atoms with E-state index in [0.717, 1.165) is 5.56 Å². The number of anilines is 1. The second kappa shape index (κ2) is 9.05. The van der Waals surface area contributed by atoms with E-state index in [4.69, 9.17) is 23.2 Å². The van der Waals surface area contributed by atoms with Crippen LogP contribution in [0.15, 0.2) is 53.9 Å². The van der Waals surface area contributed by atoms with Crippen LogP contribution in [0.2, 0.25) is 5.02 Å². The molecule has 3 aromatic rings. The van der Waals surface area contributed by atoms with E-state index in [9.17, 15) is 9.59 Å². The molecule has 0 radical (unpaired) electrons. The molecule has 0 fully saturated rings. The molecule has 0 saturated heterocycles. The van der Waals surface area contributed by atoms with Gasteiger partial charge in [0.1, 0.15) is 11.5 Å². The first-order chi connectivity index (χ1) is 14.7. The average Bonchev–Trinajstić information content (AvgIpc) is 3.14. The van der Waals surface area contributed by atoms with Crippen molar-refractivity contribution in [3.05, 3.63) is 64.9 Å². The number of fused-ring (bicyclic) bond motifs is 1. The van der Waals surface area contributed by atoms with Gasteiger partial charge in [-0.3, -0.25) is 9.59 Å². The second-order valence-electron chi connectivity index (χ2n) is 7.52. The Labute approximate surface area is 184 Å². The van der Waals surface area contributed by atoms with Crippen molar-refractivity contribution in [3.63, 3.8) is 0 Å². The maximum Gasteiger partial charge on any atom is 0.256 e. The number of carbonyl (C=O) groups excluding carboxylic acids is 2. The Morgan fingerprint density at radius 3 is 2.55 bits per heavy atom. The molecule has 6 N–H and O–H groups in total. The van der Waals surface area contributed by atoms with Crippen LogP contribution in [0.3, 0.4) is 0 Å². The molecule has 9 nitrogen and oxygen atoms in total.